The van der Waals surface area contributed by atoms with E-state index in [9.17, 15) is 4.39 Å². The van der Waals surface area contributed by atoms with E-state index in [1.807, 2.05) is 7.05 Å². The Balaban J connectivity index is 2.20. The number of hydrogen-bond donors (Lipinski definition) is 1. The second-order valence-electron chi connectivity index (χ2n) is 5.28. The topological polar surface area (TPSA) is 12.0 Å². The van der Waals surface area contributed by atoms with Crippen LogP contribution in [0.1, 0.15) is 44.2 Å². The van der Waals surface area contributed by atoms with Gasteiger partial charge in [-0.3, -0.25) is 0 Å². The van der Waals surface area contributed by atoms with Gasteiger partial charge >= 0.3 is 0 Å². The summed E-state index contributed by atoms with van der Waals surface area (Å²) in [6.07, 6.45) is 4.95. The molecule has 100 valence electrons. The first kappa shape index (κ1) is 13.8. The van der Waals surface area contributed by atoms with Crippen molar-refractivity contribution in [3.63, 3.8) is 0 Å². The smallest absolute Gasteiger partial charge is 0.123 e. The molecule has 0 radical (unpaired) electrons. The minimum absolute atomic E-state index is 0.171. The van der Waals surface area contributed by atoms with Crippen LogP contribution in [-0.2, 0) is 0 Å². The van der Waals surface area contributed by atoms with Crippen LogP contribution in [0.3, 0.4) is 0 Å². The molecule has 0 bridgehead atoms. The lowest BCUT2D eigenvalue weighted by Gasteiger charge is -2.24. The highest BCUT2D eigenvalue weighted by molar-refractivity contribution is 6.31. The molecule has 1 N–H and O–H groups in total. The van der Waals surface area contributed by atoms with Crippen LogP contribution >= 0.6 is 11.6 Å². The second-order valence-corrected chi connectivity index (χ2v) is 5.69. The highest BCUT2D eigenvalue weighted by Crippen LogP contribution is 2.41. The summed E-state index contributed by atoms with van der Waals surface area (Å²) >= 11 is 6.21. The summed E-state index contributed by atoms with van der Waals surface area (Å²) < 4.78 is 13.4. The maximum absolute atomic E-state index is 13.4. The van der Waals surface area contributed by atoms with E-state index in [-0.39, 0.29) is 11.9 Å². The summed E-state index contributed by atoms with van der Waals surface area (Å²) in [5.74, 6) is 1.18. The Morgan fingerprint density at radius 1 is 1.44 bits per heavy atom. The van der Waals surface area contributed by atoms with Crippen LogP contribution in [0.2, 0.25) is 5.02 Å². The predicted octanol–water partition coefficient (Wildman–Crippen LogP) is 4.57. The molecule has 3 atom stereocenters. The Hall–Kier alpha value is -0.600. The van der Waals surface area contributed by atoms with Gasteiger partial charge in [0.25, 0.3) is 0 Å². The first-order chi connectivity index (χ1) is 8.65. The van der Waals surface area contributed by atoms with Crippen LogP contribution in [0.5, 0.6) is 0 Å². The van der Waals surface area contributed by atoms with E-state index in [0.717, 1.165) is 11.5 Å². The van der Waals surface area contributed by atoms with Gasteiger partial charge in [-0.15, -0.1) is 0 Å². The van der Waals surface area contributed by atoms with Gasteiger partial charge in [-0.2, -0.15) is 0 Å². The normalized spacial score (nSPS) is 25.3. The van der Waals surface area contributed by atoms with Crippen molar-refractivity contribution >= 4 is 11.6 Å². The quantitative estimate of drug-likeness (QED) is 0.845. The zero-order chi connectivity index (χ0) is 13.1. The number of halogens is 2. The fourth-order valence-electron chi connectivity index (χ4n) is 3.19. The van der Waals surface area contributed by atoms with Gasteiger partial charge in [-0.05, 0) is 55.5 Å². The minimum Gasteiger partial charge on any atom is -0.313 e. The second kappa shape index (κ2) is 6.03. The molecule has 0 heterocycles. The molecule has 1 aliphatic rings. The van der Waals surface area contributed by atoms with Crippen molar-refractivity contribution in [3.05, 3.63) is 34.6 Å². The van der Waals surface area contributed by atoms with Crippen molar-refractivity contribution in [3.8, 4) is 0 Å². The van der Waals surface area contributed by atoms with Crippen LogP contribution in [-0.4, -0.2) is 7.05 Å². The zero-order valence-electron chi connectivity index (χ0n) is 11.0. The molecule has 3 heteroatoms. The van der Waals surface area contributed by atoms with Crippen LogP contribution in [0.15, 0.2) is 18.2 Å². The fraction of sp³-hybridized carbons (Fsp3) is 0.600. The van der Waals surface area contributed by atoms with Gasteiger partial charge in [0.15, 0.2) is 0 Å². The van der Waals surface area contributed by atoms with Crippen LogP contribution < -0.4 is 5.32 Å². The summed E-state index contributed by atoms with van der Waals surface area (Å²) in [6.45, 7) is 2.25. The Morgan fingerprint density at radius 2 is 2.22 bits per heavy atom. The van der Waals surface area contributed by atoms with Gasteiger partial charge in [0, 0.05) is 11.1 Å². The molecule has 0 amide bonds. The van der Waals surface area contributed by atoms with E-state index in [1.165, 1.54) is 31.7 Å². The van der Waals surface area contributed by atoms with E-state index in [1.54, 1.807) is 12.1 Å². The van der Waals surface area contributed by atoms with Crippen molar-refractivity contribution in [2.24, 2.45) is 11.8 Å². The molecule has 0 spiro atoms. The summed E-state index contributed by atoms with van der Waals surface area (Å²) in [5.41, 5.74) is 0.904. The Kier molecular flexibility index (Phi) is 4.63. The number of nitrogens with one attached hydrogen (secondary N) is 1. The van der Waals surface area contributed by atoms with Crippen molar-refractivity contribution in [1.29, 1.82) is 0 Å². The van der Waals surface area contributed by atoms with Gasteiger partial charge in [0.2, 0.25) is 0 Å². The molecular formula is C15H21ClFN. The van der Waals surface area contributed by atoms with Gasteiger partial charge in [-0.1, -0.05) is 31.4 Å². The van der Waals surface area contributed by atoms with E-state index < -0.39 is 0 Å². The van der Waals surface area contributed by atoms with E-state index in [4.69, 9.17) is 11.6 Å². The van der Waals surface area contributed by atoms with Crippen molar-refractivity contribution < 1.29 is 4.39 Å². The van der Waals surface area contributed by atoms with Crippen molar-refractivity contribution in [2.75, 3.05) is 7.05 Å². The first-order valence-electron chi connectivity index (χ1n) is 6.78. The van der Waals surface area contributed by atoms with Crippen molar-refractivity contribution in [1.82, 2.24) is 5.32 Å². The maximum Gasteiger partial charge on any atom is 0.123 e. The molecule has 18 heavy (non-hydrogen) atoms. The Labute approximate surface area is 114 Å². The third-order valence-electron chi connectivity index (χ3n) is 4.23. The average Bonchev–Trinajstić information content (AvgIpc) is 2.83. The molecule has 1 aromatic carbocycles. The molecule has 2 rings (SSSR count). The number of rotatable bonds is 4. The molecule has 1 aromatic rings. The molecule has 0 saturated heterocycles. The van der Waals surface area contributed by atoms with Crippen molar-refractivity contribution in [2.45, 2.75) is 38.6 Å². The average molecular weight is 270 g/mol. The molecule has 1 saturated carbocycles. The zero-order valence-corrected chi connectivity index (χ0v) is 11.8. The van der Waals surface area contributed by atoms with Gasteiger partial charge < -0.3 is 5.32 Å². The molecule has 1 nitrogen and oxygen atoms in total. The third-order valence-corrected chi connectivity index (χ3v) is 4.58. The highest BCUT2D eigenvalue weighted by atomic mass is 35.5. The summed E-state index contributed by atoms with van der Waals surface area (Å²) in [5, 5.41) is 3.98. The van der Waals surface area contributed by atoms with Crippen LogP contribution in [0, 0.1) is 17.7 Å². The molecule has 1 aliphatic carbocycles. The summed E-state index contributed by atoms with van der Waals surface area (Å²) in [4.78, 5) is 0. The Bertz CT molecular complexity index is 407. The maximum atomic E-state index is 13.4. The van der Waals surface area contributed by atoms with Crippen LogP contribution in [0.25, 0.3) is 0 Å². The predicted molar refractivity (Wildman–Crippen MR) is 74.3 cm³/mol. The lowest BCUT2D eigenvalue weighted by atomic mass is 9.90. The number of benzene rings is 1. The lowest BCUT2D eigenvalue weighted by Crippen LogP contribution is -2.24. The highest BCUT2D eigenvalue weighted by Gasteiger charge is 2.31. The minimum atomic E-state index is -0.209. The molecule has 0 aliphatic heterocycles. The van der Waals surface area contributed by atoms with Gasteiger partial charge in [-0.25, -0.2) is 4.39 Å². The van der Waals surface area contributed by atoms with E-state index in [2.05, 4.69) is 12.2 Å². The number of hydrogen-bond acceptors (Lipinski definition) is 1. The van der Waals surface area contributed by atoms with Gasteiger partial charge in [0.1, 0.15) is 5.82 Å². The summed E-state index contributed by atoms with van der Waals surface area (Å²) in [6, 6.07) is 4.82. The lowest BCUT2D eigenvalue weighted by molar-refractivity contribution is 0.371. The SMILES string of the molecule is CCC1CCC(C(NC)c2cc(F)ccc2Cl)C1. The molecule has 1 fully saturated rings. The summed E-state index contributed by atoms with van der Waals surface area (Å²) in [7, 11) is 1.94. The Morgan fingerprint density at radius 3 is 2.83 bits per heavy atom. The van der Waals surface area contributed by atoms with Gasteiger partial charge in [0.05, 0.1) is 0 Å². The van der Waals surface area contributed by atoms with E-state index >= 15 is 0 Å². The standard InChI is InChI=1S/C15H21ClFN/c1-3-10-4-5-11(8-10)15(18-2)13-9-12(17)6-7-14(13)16/h6-7,9-11,15,18H,3-5,8H2,1-2H3. The molecular weight excluding hydrogens is 249 g/mol. The third kappa shape index (κ3) is 2.86. The largest absolute Gasteiger partial charge is 0.313 e. The first-order valence-corrected chi connectivity index (χ1v) is 7.15. The molecule has 3 unspecified atom stereocenters. The molecule has 0 aromatic heterocycles. The van der Waals surface area contributed by atoms with Crippen LogP contribution in [0.4, 0.5) is 4.39 Å². The monoisotopic (exact) mass is 269 g/mol. The fourth-order valence-corrected chi connectivity index (χ4v) is 3.42. The van der Waals surface area contributed by atoms with E-state index in [0.29, 0.717) is 10.9 Å².